The van der Waals surface area contributed by atoms with Gasteiger partial charge in [0, 0.05) is 0 Å². The van der Waals surface area contributed by atoms with Gasteiger partial charge < -0.3 is 0 Å². The third-order valence-corrected chi connectivity index (χ3v) is 4.57. The molecular formula is C9H19N3S. The zero-order chi connectivity index (χ0) is 9.90. The fraction of sp³-hybridized carbons (Fsp3) is 0.778. The van der Waals surface area contributed by atoms with Crippen LogP contribution in [0.2, 0.25) is 0 Å². The lowest BCUT2D eigenvalue weighted by Crippen LogP contribution is -2.12. The topological polar surface area (TPSA) is 30.7 Å². The Labute approximate surface area is 82.0 Å². The number of aryl methyl sites for hydroxylation is 1. The predicted molar refractivity (Wildman–Crippen MR) is 59.4 cm³/mol. The summed E-state index contributed by atoms with van der Waals surface area (Å²) in [4.78, 5) is 0. The minimum absolute atomic E-state index is 0.759. The molecule has 0 amide bonds. The lowest BCUT2D eigenvalue weighted by atomic mass is 10.4. The fourth-order valence-electron chi connectivity index (χ4n) is 1.16. The van der Waals surface area contributed by atoms with Crippen molar-refractivity contribution in [2.24, 2.45) is 0 Å². The molecule has 0 saturated carbocycles. The average Bonchev–Trinajstić information content (AvgIpc) is 2.49. The molecule has 0 unspecified atom stereocenters. The smallest absolute Gasteiger partial charge is 0.0806 e. The lowest BCUT2D eigenvalue weighted by Gasteiger charge is -2.30. The Morgan fingerprint density at radius 2 is 2.15 bits per heavy atom. The Bertz CT molecular complexity index is 268. The second kappa shape index (κ2) is 4.13. The Morgan fingerprint density at radius 3 is 2.62 bits per heavy atom. The van der Waals surface area contributed by atoms with E-state index in [1.54, 1.807) is 0 Å². The van der Waals surface area contributed by atoms with Crippen molar-refractivity contribution in [3.8, 4) is 0 Å². The molecule has 0 atom stereocenters. The monoisotopic (exact) mass is 201 g/mol. The second-order valence-electron chi connectivity index (χ2n) is 3.80. The van der Waals surface area contributed by atoms with E-state index >= 15 is 0 Å². The zero-order valence-electron chi connectivity index (χ0n) is 8.95. The Kier molecular flexibility index (Phi) is 3.36. The summed E-state index contributed by atoms with van der Waals surface area (Å²) in [6, 6.07) is 0. The molecule has 76 valence electrons. The van der Waals surface area contributed by atoms with Crippen molar-refractivity contribution < 1.29 is 0 Å². The normalized spacial score (nSPS) is 13.2. The molecule has 0 radical (unpaired) electrons. The summed E-state index contributed by atoms with van der Waals surface area (Å²) in [6.07, 6.45) is 9.16. The first kappa shape index (κ1) is 10.6. The zero-order valence-corrected chi connectivity index (χ0v) is 9.77. The van der Waals surface area contributed by atoms with E-state index in [1.165, 1.54) is 18.6 Å². The van der Waals surface area contributed by atoms with Crippen LogP contribution in [0, 0.1) is 6.92 Å². The third-order valence-electron chi connectivity index (χ3n) is 2.09. The molecule has 1 rings (SSSR count). The highest BCUT2D eigenvalue weighted by Gasteiger charge is 2.14. The molecule has 0 aliphatic rings. The molecule has 0 N–H and O–H groups in total. The number of hydrogen-bond acceptors (Lipinski definition) is 2. The highest BCUT2D eigenvalue weighted by molar-refractivity contribution is 8.31. The summed E-state index contributed by atoms with van der Waals surface area (Å²) in [7, 11) is -0.759. The Hall–Kier alpha value is -0.510. The Morgan fingerprint density at radius 1 is 1.46 bits per heavy atom. The number of rotatable bonds is 4. The van der Waals surface area contributed by atoms with Crippen LogP contribution in [0.4, 0.5) is 0 Å². The van der Waals surface area contributed by atoms with E-state index in [0.717, 1.165) is 5.69 Å². The fourth-order valence-corrected chi connectivity index (χ4v) is 3.01. The van der Waals surface area contributed by atoms with Gasteiger partial charge in [-0.05, 0) is 31.6 Å². The van der Waals surface area contributed by atoms with Crippen molar-refractivity contribution in [3.63, 3.8) is 0 Å². The van der Waals surface area contributed by atoms with Gasteiger partial charge in [0.05, 0.1) is 11.9 Å². The number of nitrogens with zero attached hydrogens (tertiary/aromatic N) is 3. The minimum atomic E-state index is -0.759. The van der Waals surface area contributed by atoms with Gasteiger partial charge >= 0.3 is 0 Å². The first-order chi connectivity index (χ1) is 6.06. The molecular weight excluding hydrogens is 182 g/mol. The van der Waals surface area contributed by atoms with E-state index in [2.05, 4.69) is 33.8 Å². The standard InChI is InChI=1S/C9H19N3S/c1-5-6-7-13(3,4)12-8-9(2)10-11-12/h8H,5-7H2,1-4H3. The molecule has 3 nitrogen and oxygen atoms in total. The number of hydrogen-bond donors (Lipinski definition) is 0. The summed E-state index contributed by atoms with van der Waals surface area (Å²) in [5.41, 5.74) is 1.01. The molecule has 1 heterocycles. The number of unbranched alkanes of at least 4 members (excludes halogenated alkanes) is 1. The van der Waals surface area contributed by atoms with Crippen molar-refractivity contribution >= 4 is 10.2 Å². The molecule has 0 bridgehead atoms. The van der Waals surface area contributed by atoms with Gasteiger partial charge in [-0.15, -0.1) is 15.3 Å². The molecule has 0 aliphatic heterocycles. The van der Waals surface area contributed by atoms with E-state index in [0.29, 0.717) is 0 Å². The van der Waals surface area contributed by atoms with Crippen molar-refractivity contribution in [2.75, 3.05) is 18.3 Å². The van der Waals surface area contributed by atoms with Crippen LogP contribution in [0.1, 0.15) is 25.5 Å². The van der Waals surface area contributed by atoms with Crippen LogP contribution < -0.4 is 0 Å². The molecule has 1 aromatic heterocycles. The van der Waals surface area contributed by atoms with Crippen LogP contribution in [0.5, 0.6) is 0 Å². The van der Waals surface area contributed by atoms with Gasteiger partial charge in [-0.25, -0.2) is 4.09 Å². The summed E-state index contributed by atoms with van der Waals surface area (Å²) in [5.74, 6) is 1.24. The van der Waals surface area contributed by atoms with E-state index < -0.39 is 10.2 Å². The summed E-state index contributed by atoms with van der Waals surface area (Å²) >= 11 is 0. The molecule has 1 aromatic rings. The van der Waals surface area contributed by atoms with Gasteiger partial charge in [-0.3, -0.25) is 0 Å². The van der Waals surface area contributed by atoms with Crippen LogP contribution in [0.25, 0.3) is 0 Å². The average molecular weight is 201 g/mol. The van der Waals surface area contributed by atoms with E-state index in [4.69, 9.17) is 0 Å². The molecule has 0 aromatic carbocycles. The van der Waals surface area contributed by atoms with Crippen molar-refractivity contribution in [2.45, 2.75) is 26.7 Å². The van der Waals surface area contributed by atoms with Gasteiger partial charge in [0.15, 0.2) is 0 Å². The highest BCUT2D eigenvalue weighted by atomic mass is 32.3. The van der Waals surface area contributed by atoms with Crippen molar-refractivity contribution in [1.29, 1.82) is 0 Å². The van der Waals surface area contributed by atoms with E-state index in [1.807, 2.05) is 13.1 Å². The first-order valence-corrected chi connectivity index (χ1v) is 7.24. The first-order valence-electron chi connectivity index (χ1n) is 4.67. The van der Waals surface area contributed by atoms with Crippen molar-refractivity contribution in [1.82, 2.24) is 14.4 Å². The summed E-state index contributed by atoms with van der Waals surface area (Å²) in [5, 5.41) is 8.17. The SMILES string of the molecule is CCCCS(C)(C)n1cc(C)nn1. The quantitative estimate of drug-likeness (QED) is 0.748. The summed E-state index contributed by atoms with van der Waals surface area (Å²) in [6.45, 7) is 4.21. The minimum Gasteiger partial charge on any atom is -0.214 e. The predicted octanol–water partition coefficient (Wildman–Crippen LogP) is 2.21. The van der Waals surface area contributed by atoms with Gasteiger partial charge in [0.1, 0.15) is 0 Å². The maximum atomic E-state index is 4.14. The molecule has 0 saturated heterocycles. The van der Waals surface area contributed by atoms with Crippen molar-refractivity contribution in [3.05, 3.63) is 11.9 Å². The maximum absolute atomic E-state index is 4.14. The summed E-state index contributed by atoms with van der Waals surface area (Å²) < 4.78 is 2.05. The molecule has 4 heteroatoms. The maximum Gasteiger partial charge on any atom is 0.0806 e. The Balaban J connectivity index is 2.68. The third kappa shape index (κ3) is 2.72. The molecule has 0 spiro atoms. The van der Waals surface area contributed by atoms with E-state index in [-0.39, 0.29) is 0 Å². The van der Waals surface area contributed by atoms with Crippen LogP contribution in [-0.4, -0.2) is 32.7 Å². The van der Waals surface area contributed by atoms with Gasteiger partial charge in [-0.1, -0.05) is 18.6 Å². The highest BCUT2D eigenvalue weighted by Crippen LogP contribution is 2.41. The van der Waals surface area contributed by atoms with Gasteiger partial charge in [0.2, 0.25) is 0 Å². The van der Waals surface area contributed by atoms with Crippen LogP contribution >= 0.6 is 10.2 Å². The largest absolute Gasteiger partial charge is 0.214 e. The van der Waals surface area contributed by atoms with Crippen LogP contribution in [0.3, 0.4) is 0 Å². The van der Waals surface area contributed by atoms with Gasteiger partial charge in [0.25, 0.3) is 0 Å². The number of aromatic nitrogens is 3. The van der Waals surface area contributed by atoms with Crippen LogP contribution in [0.15, 0.2) is 6.20 Å². The second-order valence-corrected chi connectivity index (χ2v) is 7.54. The molecule has 0 aliphatic carbocycles. The van der Waals surface area contributed by atoms with Gasteiger partial charge in [-0.2, -0.15) is 0 Å². The van der Waals surface area contributed by atoms with E-state index in [9.17, 15) is 0 Å². The molecule has 13 heavy (non-hydrogen) atoms. The lowest BCUT2D eigenvalue weighted by molar-refractivity contribution is 0.848. The molecule has 0 fully saturated rings. The van der Waals surface area contributed by atoms with Crippen LogP contribution in [-0.2, 0) is 0 Å².